The van der Waals surface area contributed by atoms with Crippen LogP contribution in [0.2, 0.25) is 0 Å². The minimum Gasteiger partial charge on any atom is -0.494 e. The van der Waals surface area contributed by atoms with Gasteiger partial charge in [-0.1, -0.05) is 19.1 Å². The number of rotatable bonds is 6. The Bertz CT molecular complexity index is 335. The van der Waals surface area contributed by atoms with Gasteiger partial charge >= 0.3 is 0 Å². The lowest BCUT2D eigenvalue weighted by Crippen LogP contribution is -2.20. The molecule has 4 N–H and O–H groups in total. The van der Waals surface area contributed by atoms with Crippen LogP contribution in [0.25, 0.3) is 0 Å². The van der Waals surface area contributed by atoms with Gasteiger partial charge in [-0.05, 0) is 24.1 Å². The highest BCUT2D eigenvalue weighted by atomic mass is 16.5. The van der Waals surface area contributed by atoms with Gasteiger partial charge in [-0.15, -0.1) is 0 Å². The second-order valence-electron chi connectivity index (χ2n) is 3.69. The SMILES string of the molecule is CCCOc1ccc([C@@H](N)CC(N)=O)cc1. The van der Waals surface area contributed by atoms with Crippen LogP contribution in [0.4, 0.5) is 0 Å². The summed E-state index contributed by atoms with van der Waals surface area (Å²) in [6.45, 7) is 2.75. The van der Waals surface area contributed by atoms with E-state index in [4.69, 9.17) is 16.2 Å². The van der Waals surface area contributed by atoms with Crippen molar-refractivity contribution in [1.29, 1.82) is 0 Å². The number of carbonyl (C=O) groups excluding carboxylic acids is 1. The van der Waals surface area contributed by atoms with Crippen molar-refractivity contribution in [3.8, 4) is 5.75 Å². The second-order valence-corrected chi connectivity index (χ2v) is 3.69. The highest BCUT2D eigenvalue weighted by Gasteiger charge is 2.08. The third-order valence-electron chi connectivity index (χ3n) is 2.20. The lowest BCUT2D eigenvalue weighted by atomic mass is 10.0. The van der Waals surface area contributed by atoms with Gasteiger partial charge in [0.15, 0.2) is 0 Å². The Morgan fingerprint density at radius 1 is 1.38 bits per heavy atom. The summed E-state index contributed by atoms with van der Waals surface area (Å²) in [4.78, 5) is 10.7. The number of ether oxygens (including phenoxy) is 1. The van der Waals surface area contributed by atoms with Gasteiger partial charge < -0.3 is 16.2 Å². The first-order valence-corrected chi connectivity index (χ1v) is 5.40. The van der Waals surface area contributed by atoms with E-state index >= 15 is 0 Å². The Labute approximate surface area is 95.6 Å². The van der Waals surface area contributed by atoms with Crippen LogP contribution < -0.4 is 16.2 Å². The summed E-state index contributed by atoms with van der Waals surface area (Å²) in [6.07, 6.45) is 1.14. The average Bonchev–Trinajstić information content (AvgIpc) is 2.26. The highest BCUT2D eigenvalue weighted by molar-refractivity contribution is 5.74. The van der Waals surface area contributed by atoms with Crippen molar-refractivity contribution in [1.82, 2.24) is 0 Å². The maximum Gasteiger partial charge on any atom is 0.219 e. The zero-order chi connectivity index (χ0) is 12.0. The summed E-state index contributed by atoms with van der Waals surface area (Å²) >= 11 is 0. The molecule has 4 heteroatoms. The van der Waals surface area contributed by atoms with Crippen molar-refractivity contribution in [3.05, 3.63) is 29.8 Å². The van der Waals surface area contributed by atoms with Crippen molar-refractivity contribution >= 4 is 5.91 Å². The third kappa shape index (κ3) is 3.90. The van der Waals surface area contributed by atoms with Crippen molar-refractivity contribution in [2.24, 2.45) is 11.5 Å². The molecule has 0 aliphatic carbocycles. The topological polar surface area (TPSA) is 78.3 Å². The molecule has 0 unspecified atom stereocenters. The summed E-state index contributed by atoms with van der Waals surface area (Å²) in [7, 11) is 0. The van der Waals surface area contributed by atoms with Crippen molar-refractivity contribution in [2.45, 2.75) is 25.8 Å². The fourth-order valence-corrected chi connectivity index (χ4v) is 1.37. The minimum atomic E-state index is -0.390. The van der Waals surface area contributed by atoms with E-state index < -0.39 is 0 Å². The molecule has 16 heavy (non-hydrogen) atoms. The Balaban J connectivity index is 2.59. The largest absolute Gasteiger partial charge is 0.494 e. The summed E-state index contributed by atoms with van der Waals surface area (Å²) in [6, 6.07) is 7.09. The maximum absolute atomic E-state index is 10.7. The van der Waals surface area contributed by atoms with E-state index in [1.165, 1.54) is 0 Å². The standard InChI is InChI=1S/C12H18N2O2/c1-2-7-16-10-5-3-9(4-6-10)11(13)8-12(14)15/h3-6,11H,2,7-8,13H2,1H3,(H2,14,15)/t11-/m0/s1. The molecule has 0 bridgehead atoms. The van der Waals surface area contributed by atoms with E-state index in [1.807, 2.05) is 24.3 Å². The third-order valence-corrected chi connectivity index (χ3v) is 2.20. The molecule has 1 aromatic rings. The van der Waals surface area contributed by atoms with Gasteiger partial charge in [-0.2, -0.15) is 0 Å². The molecule has 0 radical (unpaired) electrons. The number of carbonyl (C=O) groups is 1. The van der Waals surface area contributed by atoms with E-state index in [0.717, 1.165) is 17.7 Å². The molecule has 0 heterocycles. The normalized spacial score (nSPS) is 12.1. The van der Waals surface area contributed by atoms with Crippen LogP contribution in [0.5, 0.6) is 5.75 Å². The van der Waals surface area contributed by atoms with Crippen molar-refractivity contribution in [3.63, 3.8) is 0 Å². The van der Waals surface area contributed by atoms with Crippen molar-refractivity contribution in [2.75, 3.05) is 6.61 Å². The molecule has 4 nitrogen and oxygen atoms in total. The first kappa shape index (κ1) is 12.5. The molecule has 0 aliphatic rings. The first-order valence-electron chi connectivity index (χ1n) is 5.40. The monoisotopic (exact) mass is 222 g/mol. The molecular formula is C12H18N2O2. The second kappa shape index (κ2) is 6.12. The summed E-state index contributed by atoms with van der Waals surface area (Å²) in [5, 5.41) is 0. The zero-order valence-electron chi connectivity index (χ0n) is 9.48. The number of hydrogen-bond donors (Lipinski definition) is 2. The molecule has 1 aromatic carbocycles. The molecule has 0 aromatic heterocycles. The van der Waals surface area contributed by atoms with E-state index in [9.17, 15) is 4.79 Å². The van der Waals surface area contributed by atoms with Crippen LogP contribution in [0.15, 0.2) is 24.3 Å². The average molecular weight is 222 g/mol. The molecule has 0 aliphatic heterocycles. The number of nitrogens with two attached hydrogens (primary N) is 2. The smallest absolute Gasteiger partial charge is 0.219 e. The van der Waals surface area contributed by atoms with E-state index in [0.29, 0.717) is 6.61 Å². The minimum absolute atomic E-state index is 0.162. The number of benzene rings is 1. The van der Waals surface area contributed by atoms with Gasteiger partial charge in [0, 0.05) is 12.5 Å². The zero-order valence-corrected chi connectivity index (χ0v) is 9.48. The number of hydrogen-bond acceptors (Lipinski definition) is 3. The lowest BCUT2D eigenvalue weighted by molar-refractivity contribution is -0.118. The quantitative estimate of drug-likeness (QED) is 0.762. The van der Waals surface area contributed by atoms with Gasteiger partial charge in [0.05, 0.1) is 6.61 Å². The summed E-state index contributed by atoms with van der Waals surface area (Å²) in [5.41, 5.74) is 11.8. The Kier molecular flexibility index (Phi) is 4.79. The summed E-state index contributed by atoms with van der Waals surface area (Å²) < 4.78 is 5.44. The van der Waals surface area contributed by atoms with Crippen LogP contribution in [0.1, 0.15) is 31.4 Å². The molecule has 88 valence electrons. The van der Waals surface area contributed by atoms with Crippen LogP contribution in [0, 0.1) is 0 Å². The van der Waals surface area contributed by atoms with Gasteiger partial charge in [-0.25, -0.2) is 0 Å². The molecule has 1 rings (SSSR count). The maximum atomic E-state index is 10.7. The first-order chi connectivity index (χ1) is 7.63. The molecule has 1 atom stereocenters. The molecule has 0 spiro atoms. The van der Waals surface area contributed by atoms with Gasteiger partial charge in [0.2, 0.25) is 5.91 Å². The van der Waals surface area contributed by atoms with Crippen LogP contribution in [-0.2, 0) is 4.79 Å². The number of amides is 1. The van der Waals surface area contributed by atoms with Crippen LogP contribution in [0.3, 0.4) is 0 Å². The van der Waals surface area contributed by atoms with Gasteiger partial charge in [0.1, 0.15) is 5.75 Å². The molecule has 1 amide bonds. The van der Waals surface area contributed by atoms with E-state index in [-0.39, 0.29) is 18.4 Å². The van der Waals surface area contributed by atoms with Crippen LogP contribution >= 0.6 is 0 Å². The molecule has 0 fully saturated rings. The van der Waals surface area contributed by atoms with Gasteiger partial charge in [-0.3, -0.25) is 4.79 Å². The van der Waals surface area contributed by atoms with Crippen molar-refractivity contribution < 1.29 is 9.53 Å². The Morgan fingerprint density at radius 2 is 2.00 bits per heavy atom. The predicted molar refractivity (Wildman–Crippen MR) is 63.0 cm³/mol. The molecule has 0 saturated heterocycles. The fourth-order valence-electron chi connectivity index (χ4n) is 1.37. The highest BCUT2D eigenvalue weighted by Crippen LogP contribution is 2.18. The lowest BCUT2D eigenvalue weighted by Gasteiger charge is -2.11. The number of primary amides is 1. The van der Waals surface area contributed by atoms with Crippen LogP contribution in [-0.4, -0.2) is 12.5 Å². The molecule has 0 saturated carbocycles. The Hall–Kier alpha value is -1.55. The predicted octanol–water partition coefficient (Wildman–Crippen LogP) is 1.35. The summed E-state index contributed by atoms with van der Waals surface area (Å²) in [5.74, 6) is 0.427. The van der Waals surface area contributed by atoms with E-state index in [1.54, 1.807) is 0 Å². The van der Waals surface area contributed by atoms with E-state index in [2.05, 4.69) is 6.92 Å². The van der Waals surface area contributed by atoms with Gasteiger partial charge in [0.25, 0.3) is 0 Å². The fraction of sp³-hybridized carbons (Fsp3) is 0.417. The molecular weight excluding hydrogens is 204 g/mol. The Morgan fingerprint density at radius 3 is 2.50 bits per heavy atom.